The second kappa shape index (κ2) is 5.95. The van der Waals surface area contributed by atoms with E-state index in [1.165, 1.54) is 44.9 Å². The molecule has 1 saturated carbocycles. The van der Waals surface area contributed by atoms with Crippen molar-refractivity contribution in [2.75, 3.05) is 0 Å². The predicted octanol–water partition coefficient (Wildman–Crippen LogP) is 4.30. The second-order valence-corrected chi connectivity index (χ2v) is 5.68. The fraction of sp³-hybridized carbons (Fsp3) is 1.00. The molecule has 0 saturated heterocycles. The Morgan fingerprint density at radius 1 is 1.08 bits per heavy atom. The van der Waals surface area contributed by atoms with Crippen LogP contribution >= 0.6 is 12.6 Å². The summed E-state index contributed by atoms with van der Waals surface area (Å²) >= 11 is 4.44. The van der Waals surface area contributed by atoms with Gasteiger partial charge in [-0.15, -0.1) is 0 Å². The first-order chi connectivity index (χ1) is 6.20. The van der Waals surface area contributed by atoms with Crippen LogP contribution in [0.2, 0.25) is 0 Å². The van der Waals surface area contributed by atoms with Crippen LogP contribution in [0.5, 0.6) is 0 Å². The van der Waals surface area contributed by atoms with E-state index in [2.05, 4.69) is 26.5 Å². The number of hydrogen-bond acceptors (Lipinski definition) is 1. The molecule has 0 aliphatic heterocycles. The van der Waals surface area contributed by atoms with Gasteiger partial charge in [0.15, 0.2) is 0 Å². The molecule has 0 aromatic rings. The Morgan fingerprint density at radius 3 is 2.23 bits per heavy atom. The molecule has 1 aliphatic carbocycles. The van der Waals surface area contributed by atoms with Crippen LogP contribution in [0.4, 0.5) is 0 Å². The van der Waals surface area contributed by atoms with E-state index in [-0.39, 0.29) is 0 Å². The van der Waals surface area contributed by atoms with Crippen molar-refractivity contribution in [1.29, 1.82) is 0 Å². The van der Waals surface area contributed by atoms with E-state index in [1.54, 1.807) is 0 Å². The minimum atomic E-state index is 0.589. The maximum Gasteiger partial charge on any atom is -0.00115 e. The van der Waals surface area contributed by atoms with Gasteiger partial charge >= 0.3 is 0 Å². The summed E-state index contributed by atoms with van der Waals surface area (Å²) in [4.78, 5) is 0. The van der Waals surface area contributed by atoms with Crippen LogP contribution in [0.25, 0.3) is 0 Å². The Morgan fingerprint density at radius 2 is 1.69 bits per heavy atom. The average Bonchev–Trinajstić information content (AvgIpc) is 2.15. The predicted molar refractivity (Wildman–Crippen MR) is 63.4 cm³/mol. The van der Waals surface area contributed by atoms with E-state index in [9.17, 15) is 0 Å². The molecule has 0 bridgehead atoms. The molecule has 0 spiro atoms. The molecule has 0 radical (unpaired) electrons. The van der Waals surface area contributed by atoms with Crippen LogP contribution in [0.3, 0.4) is 0 Å². The van der Waals surface area contributed by atoms with Gasteiger partial charge in [-0.25, -0.2) is 0 Å². The molecule has 2 unspecified atom stereocenters. The quantitative estimate of drug-likeness (QED) is 0.643. The first-order valence-corrected chi connectivity index (χ1v) is 6.40. The molecule has 78 valence electrons. The van der Waals surface area contributed by atoms with Crippen molar-refractivity contribution < 1.29 is 0 Å². The van der Waals surface area contributed by atoms with Gasteiger partial charge in [-0.3, -0.25) is 0 Å². The van der Waals surface area contributed by atoms with Gasteiger partial charge < -0.3 is 0 Å². The topological polar surface area (TPSA) is 0 Å². The van der Waals surface area contributed by atoms with E-state index in [0.717, 1.165) is 11.8 Å². The van der Waals surface area contributed by atoms with Gasteiger partial charge in [-0.1, -0.05) is 46.0 Å². The van der Waals surface area contributed by atoms with E-state index < -0.39 is 0 Å². The Balaban J connectivity index is 2.17. The molecule has 2 atom stereocenters. The van der Waals surface area contributed by atoms with Gasteiger partial charge in [-0.05, 0) is 29.9 Å². The molecule has 0 heterocycles. The molecule has 1 fully saturated rings. The van der Waals surface area contributed by atoms with Gasteiger partial charge in [0.1, 0.15) is 0 Å². The van der Waals surface area contributed by atoms with Crippen molar-refractivity contribution in [2.24, 2.45) is 11.8 Å². The van der Waals surface area contributed by atoms with Crippen molar-refractivity contribution in [3.8, 4) is 0 Å². The molecule has 0 aromatic carbocycles. The molecular formula is C12H24S. The van der Waals surface area contributed by atoms with Crippen LogP contribution in [-0.4, -0.2) is 5.25 Å². The molecule has 13 heavy (non-hydrogen) atoms. The summed E-state index contributed by atoms with van der Waals surface area (Å²) in [5.74, 6) is 1.97. The van der Waals surface area contributed by atoms with Gasteiger partial charge in [0.25, 0.3) is 0 Å². The van der Waals surface area contributed by atoms with E-state index >= 15 is 0 Å². The highest BCUT2D eigenvalue weighted by atomic mass is 32.1. The summed E-state index contributed by atoms with van der Waals surface area (Å²) in [5.41, 5.74) is 0. The highest BCUT2D eigenvalue weighted by Gasteiger charge is 2.19. The smallest absolute Gasteiger partial charge is 0.00115 e. The Bertz CT molecular complexity index is 125. The first-order valence-electron chi connectivity index (χ1n) is 5.88. The minimum absolute atomic E-state index is 0.589. The summed E-state index contributed by atoms with van der Waals surface area (Å²) in [5, 5.41) is 0.589. The molecule has 0 nitrogen and oxygen atoms in total. The maximum atomic E-state index is 4.44. The van der Waals surface area contributed by atoms with Crippen LogP contribution in [-0.2, 0) is 0 Å². The van der Waals surface area contributed by atoms with Crippen molar-refractivity contribution >= 4 is 12.6 Å². The zero-order valence-corrected chi connectivity index (χ0v) is 10.0. The highest BCUT2D eigenvalue weighted by molar-refractivity contribution is 7.80. The Hall–Kier alpha value is 0.350. The van der Waals surface area contributed by atoms with Crippen LogP contribution in [0.1, 0.15) is 58.8 Å². The summed E-state index contributed by atoms with van der Waals surface area (Å²) in [6, 6.07) is 0. The second-order valence-electron chi connectivity index (χ2n) is 4.80. The Kier molecular flexibility index (Phi) is 5.23. The first kappa shape index (κ1) is 11.4. The lowest BCUT2D eigenvalue weighted by Crippen LogP contribution is -2.16. The number of thiol groups is 1. The minimum Gasteiger partial charge on any atom is -0.176 e. The molecule has 0 amide bonds. The largest absolute Gasteiger partial charge is 0.176 e. The van der Waals surface area contributed by atoms with Gasteiger partial charge in [-0.2, -0.15) is 12.6 Å². The standard InChI is InChI=1S/C12H24S/c1-10(8-9-11(2)13)12-6-4-3-5-7-12/h10-13H,3-9H2,1-2H3. The monoisotopic (exact) mass is 200 g/mol. The fourth-order valence-corrected chi connectivity index (χ4v) is 2.59. The summed E-state index contributed by atoms with van der Waals surface area (Å²) in [7, 11) is 0. The molecule has 1 rings (SSSR count). The summed E-state index contributed by atoms with van der Waals surface area (Å²) < 4.78 is 0. The van der Waals surface area contributed by atoms with Gasteiger partial charge in [0, 0.05) is 0 Å². The van der Waals surface area contributed by atoms with Gasteiger partial charge in [0.05, 0.1) is 0 Å². The van der Waals surface area contributed by atoms with E-state index in [4.69, 9.17) is 0 Å². The number of rotatable bonds is 4. The normalized spacial score (nSPS) is 24.2. The van der Waals surface area contributed by atoms with Crippen LogP contribution in [0.15, 0.2) is 0 Å². The third-order valence-electron chi connectivity index (χ3n) is 3.49. The lowest BCUT2D eigenvalue weighted by molar-refractivity contribution is 0.249. The van der Waals surface area contributed by atoms with Gasteiger partial charge in [0.2, 0.25) is 0 Å². The molecule has 1 aliphatic rings. The van der Waals surface area contributed by atoms with Crippen LogP contribution in [0, 0.1) is 11.8 Å². The van der Waals surface area contributed by atoms with Crippen molar-refractivity contribution in [2.45, 2.75) is 64.0 Å². The lowest BCUT2D eigenvalue weighted by Gasteiger charge is -2.27. The van der Waals surface area contributed by atoms with Crippen molar-refractivity contribution in [3.63, 3.8) is 0 Å². The van der Waals surface area contributed by atoms with Crippen molar-refractivity contribution in [3.05, 3.63) is 0 Å². The third-order valence-corrected chi connectivity index (χ3v) is 3.75. The van der Waals surface area contributed by atoms with Crippen LogP contribution < -0.4 is 0 Å². The van der Waals surface area contributed by atoms with E-state index in [0.29, 0.717) is 5.25 Å². The zero-order chi connectivity index (χ0) is 9.68. The maximum absolute atomic E-state index is 4.44. The third kappa shape index (κ3) is 4.39. The summed E-state index contributed by atoms with van der Waals surface area (Å²) in [6.45, 7) is 4.64. The molecular weight excluding hydrogens is 176 g/mol. The average molecular weight is 200 g/mol. The molecule has 0 N–H and O–H groups in total. The summed E-state index contributed by atoms with van der Waals surface area (Å²) in [6.07, 6.45) is 10.1. The zero-order valence-electron chi connectivity index (χ0n) is 9.13. The molecule has 1 heteroatoms. The van der Waals surface area contributed by atoms with Crippen molar-refractivity contribution in [1.82, 2.24) is 0 Å². The molecule has 0 aromatic heterocycles. The van der Waals surface area contributed by atoms with E-state index in [1.807, 2.05) is 0 Å². The fourth-order valence-electron chi connectivity index (χ4n) is 2.44. The lowest BCUT2D eigenvalue weighted by atomic mass is 9.79. The number of hydrogen-bond donors (Lipinski definition) is 1. The Labute approximate surface area is 88.9 Å². The highest BCUT2D eigenvalue weighted by Crippen LogP contribution is 2.32. The SMILES string of the molecule is CC(S)CCC(C)C1CCCCC1.